The molecule has 3 amide bonds. The van der Waals surface area contributed by atoms with E-state index in [1.165, 1.54) is 7.11 Å². The molecule has 0 aliphatic carbocycles. The van der Waals surface area contributed by atoms with Gasteiger partial charge in [0.05, 0.1) is 13.7 Å². The average Bonchev–Trinajstić information content (AvgIpc) is 2.62. The van der Waals surface area contributed by atoms with Gasteiger partial charge in [-0.3, -0.25) is 14.4 Å². The van der Waals surface area contributed by atoms with Crippen molar-refractivity contribution >= 4 is 40.7 Å². The summed E-state index contributed by atoms with van der Waals surface area (Å²) in [6.07, 6.45) is 0. The van der Waals surface area contributed by atoms with Gasteiger partial charge in [-0.15, -0.1) is 0 Å². The monoisotopic (exact) mass is 375 g/mol. The first-order valence-corrected chi connectivity index (χ1v) is 8.06. The van der Waals surface area contributed by atoms with E-state index in [0.717, 1.165) is 5.56 Å². The molecule has 0 aliphatic heterocycles. The van der Waals surface area contributed by atoms with Crippen molar-refractivity contribution in [3.8, 4) is 5.75 Å². The molecule has 0 aliphatic rings. The van der Waals surface area contributed by atoms with Gasteiger partial charge in [0, 0.05) is 22.5 Å². The first-order chi connectivity index (χ1) is 12.4. The van der Waals surface area contributed by atoms with Crippen LogP contribution in [0.15, 0.2) is 42.5 Å². The third-order valence-electron chi connectivity index (χ3n) is 3.42. The van der Waals surface area contributed by atoms with Gasteiger partial charge < -0.3 is 20.7 Å². The maximum atomic E-state index is 11.9. The van der Waals surface area contributed by atoms with Crippen molar-refractivity contribution in [3.63, 3.8) is 0 Å². The van der Waals surface area contributed by atoms with Crippen LogP contribution < -0.4 is 20.7 Å². The van der Waals surface area contributed by atoms with Gasteiger partial charge in [0.2, 0.25) is 5.91 Å². The Balaban J connectivity index is 1.86. The Labute approximate surface area is 155 Å². The summed E-state index contributed by atoms with van der Waals surface area (Å²) in [7, 11) is 1.49. The molecule has 26 heavy (non-hydrogen) atoms. The van der Waals surface area contributed by atoms with Crippen LogP contribution in [0.4, 0.5) is 11.4 Å². The summed E-state index contributed by atoms with van der Waals surface area (Å²) in [6.45, 7) is 1.46. The van der Waals surface area contributed by atoms with Crippen molar-refractivity contribution in [1.82, 2.24) is 5.32 Å². The van der Waals surface area contributed by atoms with Crippen LogP contribution in [0.1, 0.15) is 5.56 Å². The zero-order valence-electron chi connectivity index (χ0n) is 14.3. The predicted octanol–water partition coefficient (Wildman–Crippen LogP) is 2.35. The van der Waals surface area contributed by atoms with E-state index < -0.39 is 17.7 Å². The third-order valence-corrected chi connectivity index (χ3v) is 3.65. The average molecular weight is 376 g/mol. The van der Waals surface area contributed by atoms with Gasteiger partial charge in [-0.1, -0.05) is 23.7 Å². The number of aryl methyl sites for hydroxylation is 1. The summed E-state index contributed by atoms with van der Waals surface area (Å²) >= 11 is 5.89. The molecule has 2 aromatic carbocycles. The Hall–Kier alpha value is -3.06. The van der Waals surface area contributed by atoms with Crippen LogP contribution in [0.5, 0.6) is 5.75 Å². The van der Waals surface area contributed by atoms with Gasteiger partial charge in [0.25, 0.3) is 0 Å². The summed E-state index contributed by atoms with van der Waals surface area (Å²) in [4.78, 5) is 35.6. The van der Waals surface area contributed by atoms with E-state index >= 15 is 0 Å². The molecule has 0 spiro atoms. The fraction of sp³-hybridized carbons (Fsp3) is 0.167. The van der Waals surface area contributed by atoms with E-state index in [9.17, 15) is 14.4 Å². The number of ether oxygens (including phenoxy) is 1. The lowest BCUT2D eigenvalue weighted by atomic mass is 10.2. The molecule has 2 rings (SSSR count). The number of halogens is 1. The van der Waals surface area contributed by atoms with Crippen LogP contribution in [0, 0.1) is 6.92 Å². The van der Waals surface area contributed by atoms with E-state index in [4.69, 9.17) is 16.3 Å². The number of carbonyl (C=O) groups is 3. The normalized spacial score (nSPS) is 9.96. The number of anilines is 2. The van der Waals surface area contributed by atoms with Gasteiger partial charge >= 0.3 is 11.8 Å². The second kappa shape index (κ2) is 8.87. The van der Waals surface area contributed by atoms with E-state index in [1.54, 1.807) is 42.5 Å². The summed E-state index contributed by atoms with van der Waals surface area (Å²) in [5, 5.41) is 7.79. The number of carbonyl (C=O) groups excluding carboxylic acids is 3. The maximum Gasteiger partial charge on any atom is 0.313 e. The number of rotatable bonds is 5. The number of amides is 3. The topological polar surface area (TPSA) is 96.5 Å². The standard InChI is InChI=1S/C18H18ClN3O4/c1-11-6-7-12(19)8-15(11)22-16(23)10-20-17(24)18(25)21-13-4-3-5-14(9-13)26-2/h3-9H,10H2,1-2H3,(H,20,24)(H,21,25)(H,22,23). The summed E-state index contributed by atoms with van der Waals surface area (Å²) < 4.78 is 5.04. The van der Waals surface area contributed by atoms with Gasteiger partial charge in [0.15, 0.2) is 0 Å². The van der Waals surface area contributed by atoms with E-state index in [2.05, 4.69) is 16.0 Å². The van der Waals surface area contributed by atoms with Crippen LogP contribution in [0.3, 0.4) is 0 Å². The number of nitrogens with one attached hydrogen (secondary N) is 3. The molecule has 8 heteroatoms. The zero-order valence-corrected chi connectivity index (χ0v) is 15.0. The van der Waals surface area contributed by atoms with E-state index in [0.29, 0.717) is 22.1 Å². The molecule has 3 N–H and O–H groups in total. The van der Waals surface area contributed by atoms with Crippen molar-refractivity contribution in [2.24, 2.45) is 0 Å². The number of methoxy groups -OCH3 is 1. The zero-order chi connectivity index (χ0) is 19.1. The molecule has 0 heterocycles. The SMILES string of the molecule is COc1cccc(NC(=O)C(=O)NCC(=O)Nc2cc(Cl)ccc2C)c1. The highest BCUT2D eigenvalue weighted by Crippen LogP contribution is 2.20. The molecule has 0 bridgehead atoms. The van der Waals surface area contributed by atoms with Crippen molar-refractivity contribution in [1.29, 1.82) is 0 Å². The first kappa shape index (κ1) is 19.3. The molecule has 7 nitrogen and oxygen atoms in total. The molecule has 2 aromatic rings. The second-order valence-electron chi connectivity index (χ2n) is 5.38. The highest BCUT2D eigenvalue weighted by Gasteiger charge is 2.15. The summed E-state index contributed by atoms with van der Waals surface area (Å²) in [5.41, 5.74) is 1.77. The quantitative estimate of drug-likeness (QED) is 0.699. The number of hydrogen-bond acceptors (Lipinski definition) is 4. The van der Waals surface area contributed by atoms with Crippen LogP contribution >= 0.6 is 11.6 Å². The molecule has 0 saturated heterocycles. The maximum absolute atomic E-state index is 11.9. The Morgan fingerprint density at radius 2 is 1.81 bits per heavy atom. The molecule has 0 saturated carbocycles. The molecular weight excluding hydrogens is 358 g/mol. The molecule has 0 fully saturated rings. The minimum atomic E-state index is -0.925. The lowest BCUT2D eigenvalue weighted by Gasteiger charge is -2.10. The first-order valence-electron chi connectivity index (χ1n) is 7.68. The van der Waals surface area contributed by atoms with Crippen LogP contribution in [-0.4, -0.2) is 31.4 Å². The molecule has 0 radical (unpaired) electrons. The van der Waals surface area contributed by atoms with Gasteiger partial charge in [-0.25, -0.2) is 0 Å². The fourth-order valence-electron chi connectivity index (χ4n) is 2.05. The van der Waals surface area contributed by atoms with Crippen molar-refractivity contribution in [2.45, 2.75) is 6.92 Å². The van der Waals surface area contributed by atoms with Crippen molar-refractivity contribution < 1.29 is 19.1 Å². The predicted molar refractivity (Wildman–Crippen MR) is 99.5 cm³/mol. The van der Waals surface area contributed by atoms with Crippen molar-refractivity contribution in [3.05, 3.63) is 53.1 Å². The minimum Gasteiger partial charge on any atom is -0.497 e. The smallest absolute Gasteiger partial charge is 0.313 e. The Morgan fingerprint density at radius 1 is 1.04 bits per heavy atom. The Bertz CT molecular complexity index is 839. The van der Waals surface area contributed by atoms with Crippen LogP contribution in [0.25, 0.3) is 0 Å². The van der Waals surface area contributed by atoms with E-state index in [1.807, 2.05) is 6.92 Å². The summed E-state index contributed by atoms with van der Waals surface area (Å²) in [6, 6.07) is 11.6. The third kappa shape index (κ3) is 5.49. The second-order valence-corrected chi connectivity index (χ2v) is 5.81. The van der Waals surface area contributed by atoms with E-state index in [-0.39, 0.29) is 6.54 Å². The fourth-order valence-corrected chi connectivity index (χ4v) is 2.22. The summed E-state index contributed by atoms with van der Waals surface area (Å²) in [5.74, 6) is -1.74. The largest absolute Gasteiger partial charge is 0.497 e. The Morgan fingerprint density at radius 3 is 2.54 bits per heavy atom. The van der Waals surface area contributed by atoms with Gasteiger partial charge in [-0.2, -0.15) is 0 Å². The van der Waals surface area contributed by atoms with Crippen LogP contribution in [-0.2, 0) is 14.4 Å². The van der Waals surface area contributed by atoms with Crippen molar-refractivity contribution in [2.75, 3.05) is 24.3 Å². The lowest BCUT2D eigenvalue weighted by molar-refractivity contribution is -0.136. The number of benzene rings is 2. The molecule has 0 atom stereocenters. The Kier molecular flexibility index (Phi) is 6.57. The lowest BCUT2D eigenvalue weighted by Crippen LogP contribution is -2.39. The van der Waals surface area contributed by atoms with Crippen LogP contribution in [0.2, 0.25) is 5.02 Å². The molecule has 0 aromatic heterocycles. The highest BCUT2D eigenvalue weighted by atomic mass is 35.5. The minimum absolute atomic E-state index is 0.351. The number of hydrogen-bond donors (Lipinski definition) is 3. The molecule has 0 unspecified atom stereocenters. The molecule has 136 valence electrons. The van der Waals surface area contributed by atoms with Gasteiger partial charge in [-0.05, 0) is 36.8 Å². The highest BCUT2D eigenvalue weighted by molar-refractivity contribution is 6.40. The van der Waals surface area contributed by atoms with Gasteiger partial charge in [0.1, 0.15) is 5.75 Å². The molecular formula is C18H18ClN3O4.